The molecule has 0 saturated heterocycles. The predicted molar refractivity (Wildman–Crippen MR) is 176 cm³/mol. The SMILES string of the molecule is Oc1c(Pc2c(Oc3ccccc3)cccc2Oc2ccccc2)cccc1-c1c2ccccc2cc2ccccc12. The Morgan fingerprint density at radius 3 is 1.55 bits per heavy atom. The molecule has 0 amide bonds. The van der Waals surface area contributed by atoms with E-state index >= 15 is 0 Å². The van der Waals surface area contributed by atoms with E-state index in [4.69, 9.17) is 9.47 Å². The van der Waals surface area contributed by atoms with Crippen LogP contribution in [0.3, 0.4) is 0 Å². The van der Waals surface area contributed by atoms with Crippen LogP contribution in [0.15, 0.2) is 152 Å². The van der Waals surface area contributed by atoms with Crippen molar-refractivity contribution < 1.29 is 14.6 Å². The average Bonchev–Trinajstić information content (AvgIpc) is 3.03. The summed E-state index contributed by atoms with van der Waals surface area (Å²) >= 11 is 0. The van der Waals surface area contributed by atoms with Gasteiger partial charge in [-0.15, -0.1) is 0 Å². The first-order valence-corrected chi connectivity index (χ1v) is 14.8. The number of hydrogen-bond acceptors (Lipinski definition) is 3. The molecule has 202 valence electrons. The molecule has 0 aliphatic heterocycles. The molecule has 7 aromatic carbocycles. The second-order valence-corrected chi connectivity index (χ2v) is 11.3. The van der Waals surface area contributed by atoms with E-state index in [1.807, 2.05) is 109 Å². The Kier molecular flexibility index (Phi) is 7.02. The average molecular weight is 563 g/mol. The van der Waals surface area contributed by atoms with E-state index in [-0.39, 0.29) is 14.3 Å². The number of fused-ring (bicyclic) bond motifs is 2. The molecule has 7 aromatic rings. The molecule has 1 unspecified atom stereocenters. The summed E-state index contributed by atoms with van der Waals surface area (Å²) in [6.07, 6.45) is 0. The van der Waals surface area contributed by atoms with E-state index in [9.17, 15) is 5.11 Å². The van der Waals surface area contributed by atoms with Crippen molar-refractivity contribution >= 4 is 40.7 Å². The minimum Gasteiger partial charge on any atom is -0.507 e. The second kappa shape index (κ2) is 11.4. The first-order chi connectivity index (χ1) is 20.7. The third-order valence-electron chi connectivity index (χ3n) is 7.27. The molecule has 0 bridgehead atoms. The topological polar surface area (TPSA) is 38.7 Å². The highest BCUT2D eigenvalue weighted by Crippen LogP contribution is 2.42. The molecule has 3 nitrogen and oxygen atoms in total. The van der Waals surface area contributed by atoms with Gasteiger partial charge in [-0.1, -0.05) is 109 Å². The van der Waals surface area contributed by atoms with Gasteiger partial charge in [0.15, 0.2) is 0 Å². The predicted octanol–water partition coefficient (Wildman–Crippen LogP) is 9.58. The van der Waals surface area contributed by atoms with Crippen LogP contribution < -0.4 is 20.1 Å². The van der Waals surface area contributed by atoms with Crippen LogP contribution in [0.4, 0.5) is 0 Å². The molecule has 0 aromatic heterocycles. The summed E-state index contributed by atoms with van der Waals surface area (Å²) in [6, 6.07) is 50.2. The molecule has 0 spiro atoms. The number of hydrogen-bond donors (Lipinski definition) is 1. The zero-order chi connectivity index (χ0) is 28.3. The zero-order valence-electron chi connectivity index (χ0n) is 22.7. The number of phenols is 1. The summed E-state index contributed by atoms with van der Waals surface area (Å²) < 4.78 is 12.8. The fourth-order valence-electron chi connectivity index (χ4n) is 5.32. The maximum atomic E-state index is 11.9. The smallest absolute Gasteiger partial charge is 0.138 e. The van der Waals surface area contributed by atoms with Gasteiger partial charge in [-0.25, -0.2) is 0 Å². The molecule has 42 heavy (non-hydrogen) atoms. The molecule has 7 rings (SSSR count). The molecule has 0 radical (unpaired) electrons. The van der Waals surface area contributed by atoms with Gasteiger partial charge >= 0.3 is 0 Å². The van der Waals surface area contributed by atoms with Crippen molar-refractivity contribution in [3.63, 3.8) is 0 Å². The Morgan fingerprint density at radius 1 is 0.476 bits per heavy atom. The molecule has 1 N–H and O–H groups in total. The minimum atomic E-state index is 0.0718. The first-order valence-electron chi connectivity index (χ1n) is 13.8. The summed E-state index contributed by atoms with van der Waals surface area (Å²) in [7, 11) is 0.0718. The number of para-hydroxylation sites is 3. The fourth-order valence-corrected chi connectivity index (χ4v) is 6.54. The lowest BCUT2D eigenvalue weighted by molar-refractivity contribution is 0.467. The normalized spacial score (nSPS) is 11.3. The Hall–Kier alpha value is -5.11. The molecular formula is C38H27O3P. The minimum absolute atomic E-state index is 0.0718. The van der Waals surface area contributed by atoms with Crippen molar-refractivity contribution in [3.05, 3.63) is 152 Å². The molecule has 0 aliphatic rings. The lowest BCUT2D eigenvalue weighted by Crippen LogP contribution is -2.10. The van der Waals surface area contributed by atoms with E-state index in [1.165, 1.54) is 0 Å². The van der Waals surface area contributed by atoms with Crippen molar-refractivity contribution in [2.45, 2.75) is 0 Å². The van der Waals surface area contributed by atoms with E-state index in [0.717, 1.165) is 54.8 Å². The van der Waals surface area contributed by atoms with Gasteiger partial charge in [0.2, 0.25) is 0 Å². The van der Waals surface area contributed by atoms with Crippen molar-refractivity contribution in [2.75, 3.05) is 0 Å². The quantitative estimate of drug-likeness (QED) is 0.155. The standard InChI is InChI=1S/C38H27O3P/c39-37-32(36-30-19-9-7-13-26(30)25-27-14-8-10-20-31(27)36)21-11-24-35(37)42-38-33(40-28-15-3-1-4-16-28)22-12-23-34(38)41-29-17-5-2-6-18-29/h1-25,39,42H. The van der Waals surface area contributed by atoms with Gasteiger partial charge in [0.1, 0.15) is 28.7 Å². The van der Waals surface area contributed by atoms with Crippen molar-refractivity contribution in [1.82, 2.24) is 0 Å². The molecule has 4 heteroatoms. The molecular weight excluding hydrogens is 535 g/mol. The molecule has 0 heterocycles. The highest BCUT2D eigenvalue weighted by Gasteiger charge is 2.19. The van der Waals surface area contributed by atoms with Crippen LogP contribution in [0.1, 0.15) is 0 Å². The summed E-state index contributed by atoms with van der Waals surface area (Å²) in [4.78, 5) is 0. The first kappa shape index (κ1) is 25.8. The Morgan fingerprint density at radius 2 is 0.976 bits per heavy atom. The third-order valence-corrected chi connectivity index (χ3v) is 8.68. The van der Waals surface area contributed by atoms with Crippen molar-refractivity contribution in [2.24, 2.45) is 0 Å². The lowest BCUT2D eigenvalue weighted by atomic mass is 9.91. The summed E-state index contributed by atoms with van der Waals surface area (Å²) in [5.74, 6) is 3.11. The van der Waals surface area contributed by atoms with E-state index in [0.29, 0.717) is 11.5 Å². The Labute approximate surface area is 246 Å². The van der Waals surface area contributed by atoms with Crippen LogP contribution in [-0.4, -0.2) is 5.11 Å². The third kappa shape index (κ3) is 5.07. The van der Waals surface area contributed by atoms with Gasteiger partial charge in [-0.05, 0) is 72.6 Å². The Bertz CT molecular complexity index is 1910. The van der Waals surface area contributed by atoms with Gasteiger partial charge in [0.25, 0.3) is 0 Å². The van der Waals surface area contributed by atoms with Gasteiger partial charge in [0.05, 0.1) is 5.30 Å². The van der Waals surface area contributed by atoms with Gasteiger partial charge in [-0.3, -0.25) is 0 Å². The van der Waals surface area contributed by atoms with Crippen LogP contribution >= 0.6 is 8.58 Å². The zero-order valence-corrected chi connectivity index (χ0v) is 23.7. The molecule has 1 atom stereocenters. The number of phenolic OH excluding ortho intramolecular Hbond substituents is 1. The summed E-state index contributed by atoms with van der Waals surface area (Å²) in [5.41, 5.74) is 1.84. The number of aromatic hydroxyl groups is 1. The van der Waals surface area contributed by atoms with Crippen LogP contribution in [-0.2, 0) is 0 Å². The Balaban J connectivity index is 1.37. The van der Waals surface area contributed by atoms with Crippen LogP contribution in [0, 0.1) is 0 Å². The van der Waals surface area contributed by atoms with Gasteiger partial charge in [0, 0.05) is 16.4 Å². The molecule has 0 fully saturated rings. The van der Waals surface area contributed by atoms with Crippen LogP contribution in [0.25, 0.3) is 32.7 Å². The monoisotopic (exact) mass is 562 g/mol. The van der Waals surface area contributed by atoms with E-state index in [2.05, 4.69) is 42.5 Å². The number of rotatable bonds is 7. The largest absolute Gasteiger partial charge is 0.507 e. The molecule has 0 saturated carbocycles. The highest BCUT2D eigenvalue weighted by atomic mass is 31.1. The summed E-state index contributed by atoms with van der Waals surface area (Å²) in [5, 5.41) is 18.1. The van der Waals surface area contributed by atoms with Crippen molar-refractivity contribution in [3.8, 4) is 39.9 Å². The number of ether oxygens (including phenoxy) is 2. The van der Waals surface area contributed by atoms with Crippen molar-refractivity contribution in [1.29, 1.82) is 0 Å². The number of benzene rings is 7. The fraction of sp³-hybridized carbons (Fsp3) is 0. The van der Waals surface area contributed by atoms with Crippen LogP contribution in [0.5, 0.6) is 28.7 Å². The summed E-state index contributed by atoms with van der Waals surface area (Å²) in [6.45, 7) is 0. The highest BCUT2D eigenvalue weighted by molar-refractivity contribution is 7.56. The van der Waals surface area contributed by atoms with E-state index < -0.39 is 0 Å². The second-order valence-electron chi connectivity index (χ2n) is 9.98. The maximum absolute atomic E-state index is 11.9. The van der Waals surface area contributed by atoms with Gasteiger partial charge in [-0.2, -0.15) is 0 Å². The van der Waals surface area contributed by atoms with E-state index in [1.54, 1.807) is 0 Å². The lowest BCUT2D eigenvalue weighted by Gasteiger charge is -2.18. The molecule has 0 aliphatic carbocycles. The maximum Gasteiger partial charge on any atom is 0.138 e. The van der Waals surface area contributed by atoms with Gasteiger partial charge < -0.3 is 14.6 Å². The van der Waals surface area contributed by atoms with Crippen LogP contribution in [0.2, 0.25) is 0 Å².